The summed E-state index contributed by atoms with van der Waals surface area (Å²) in [5, 5.41) is 2.06. The molecule has 0 saturated carbocycles. The van der Waals surface area contributed by atoms with Gasteiger partial charge in [0.25, 0.3) is 0 Å². The topological polar surface area (TPSA) is 26.0 Å². The average Bonchev–Trinajstić information content (AvgIpc) is 2.61. The second-order valence-corrected chi connectivity index (χ2v) is 4.45. The molecule has 14 heavy (non-hydrogen) atoms. The summed E-state index contributed by atoms with van der Waals surface area (Å²) in [5.74, 6) is 0. The summed E-state index contributed by atoms with van der Waals surface area (Å²) < 4.78 is 0.798. The minimum Gasteiger partial charge on any atom is -0.326 e. The van der Waals surface area contributed by atoms with E-state index in [2.05, 4.69) is 17.5 Å². The van der Waals surface area contributed by atoms with Crippen LogP contribution in [0, 0.1) is 0 Å². The molecular weight excluding hydrogens is 214 g/mol. The maximum atomic E-state index is 6.03. The minimum atomic E-state index is 0.493. The molecule has 0 aliphatic carbocycles. The third kappa shape index (κ3) is 1.69. The quantitative estimate of drug-likeness (QED) is 0.828. The van der Waals surface area contributed by atoms with Gasteiger partial charge in [-0.15, -0.1) is 11.3 Å². The predicted molar refractivity (Wildman–Crippen MR) is 62.7 cm³/mol. The lowest BCUT2D eigenvalue weighted by atomic mass is 10.1. The summed E-state index contributed by atoms with van der Waals surface area (Å²) in [4.78, 5) is 0. The maximum absolute atomic E-state index is 6.03. The maximum Gasteiger partial charge on any atom is 0.0979 e. The molecule has 2 N–H and O–H groups in total. The van der Waals surface area contributed by atoms with Crippen molar-refractivity contribution in [3.8, 4) is 11.1 Å². The van der Waals surface area contributed by atoms with E-state index in [1.807, 2.05) is 18.2 Å². The fourth-order valence-electron chi connectivity index (χ4n) is 1.41. The molecule has 0 bridgehead atoms. The number of hydrogen-bond donors (Lipinski definition) is 1. The smallest absolute Gasteiger partial charge is 0.0979 e. The molecule has 2 aromatic rings. The van der Waals surface area contributed by atoms with Gasteiger partial charge >= 0.3 is 0 Å². The third-order valence-corrected chi connectivity index (χ3v) is 3.43. The summed E-state index contributed by atoms with van der Waals surface area (Å²) >= 11 is 7.57. The highest BCUT2D eigenvalue weighted by atomic mass is 35.5. The molecule has 0 aliphatic rings. The Hall–Kier alpha value is -0.830. The molecule has 0 atom stereocenters. The van der Waals surface area contributed by atoms with E-state index in [0.29, 0.717) is 6.54 Å². The van der Waals surface area contributed by atoms with Crippen molar-refractivity contribution in [2.45, 2.75) is 6.54 Å². The number of thiophene rings is 1. The molecule has 0 unspecified atom stereocenters. The first-order valence-corrected chi connectivity index (χ1v) is 5.60. The number of benzene rings is 1. The van der Waals surface area contributed by atoms with Gasteiger partial charge < -0.3 is 5.73 Å². The second-order valence-electron chi connectivity index (χ2n) is 2.97. The molecule has 1 nitrogen and oxygen atoms in total. The highest BCUT2D eigenvalue weighted by Crippen LogP contribution is 2.34. The summed E-state index contributed by atoms with van der Waals surface area (Å²) in [7, 11) is 0. The van der Waals surface area contributed by atoms with E-state index >= 15 is 0 Å². The Kier molecular flexibility index (Phi) is 2.87. The first-order valence-electron chi connectivity index (χ1n) is 4.34. The van der Waals surface area contributed by atoms with E-state index in [-0.39, 0.29) is 0 Å². The third-order valence-electron chi connectivity index (χ3n) is 2.13. The van der Waals surface area contributed by atoms with Crippen LogP contribution in [0.3, 0.4) is 0 Å². The van der Waals surface area contributed by atoms with Crippen molar-refractivity contribution in [3.05, 3.63) is 45.6 Å². The lowest BCUT2D eigenvalue weighted by Gasteiger charge is -2.01. The van der Waals surface area contributed by atoms with Crippen LogP contribution in [-0.2, 0) is 6.54 Å². The Morgan fingerprint density at radius 2 is 1.93 bits per heavy atom. The van der Waals surface area contributed by atoms with Crippen molar-refractivity contribution in [2.75, 3.05) is 0 Å². The molecule has 0 saturated heterocycles. The Morgan fingerprint density at radius 1 is 1.21 bits per heavy atom. The molecular formula is C11H10ClNS. The largest absolute Gasteiger partial charge is 0.326 e. The first kappa shape index (κ1) is 9.71. The first-order chi connectivity index (χ1) is 6.83. The fraction of sp³-hybridized carbons (Fsp3) is 0.0909. The summed E-state index contributed by atoms with van der Waals surface area (Å²) in [5.41, 5.74) is 9.03. The SMILES string of the molecule is NCc1c(-c2ccccc2)csc1Cl. The second kappa shape index (κ2) is 4.13. The zero-order chi connectivity index (χ0) is 9.97. The monoisotopic (exact) mass is 223 g/mol. The van der Waals surface area contributed by atoms with Gasteiger partial charge in [0, 0.05) is 17.5 Å². The average molecular weight is 224 g/mol. The van der Waals surface area contributed by atoms with Gasteiger partial charge in [-0.2, -0.15) is 0 Å². The Bertz CT molecular complexity index is 422. The van der Waals surface area contributed by atoms with E-state index < -0.39 is 0 Å². The molecule has 1 aromatic carbocycles. The standard InChI is InChI=1S/C11H10ClNS/c12-11-9(6-13)10(7-14-11)8-4-2-1-3-5-8/h1-5,7H,6,13H2. The van der Waals surface area contributed by atoms with Gasteiger partial charge in [-0.05, 0) is 11.1 Å². The van der Waals surface area contributed by atoms with Crippen LogP contribution >= 0.6 is 22.9 Å². The van der Waals surface area contributed by atoms with Crippen molar-refractivity contribution in [1.82, 2.24) is 0 Å². The zero-order valence-corrected chi connectivity index (χ0v) is 9.11. The van der Waals surface area contributed by atoms with E-state index in [1.54, 1.807) is 0 Å². The summed E-state index contributed by atoms with van der Waals surface area (Å²) in [6.45, 7) is 0.493. The summed E-state index contributed by atoms with van der Waals surface area (Å²) in [6.07, 6.45) is 0. The van der Waals surface area contributed by atoms with E-state index in [9.17, 15) is 0 Å². The fourth-order valence-corrected chi connectivity index (χ4v) is 2.56. The van der Waals surface area contributed by atoms with Crippen LogP contribution in [-0.4, -0.2) is 0 Å². The van der Waals surface area contributed by atoms with Gasteiger partial charge in [-0.25, -0.2) is 0 Å². The Balaban J connectivity index is 2.52. The van der Waals surface area contributed by atoms with E-state index in [0.717, 1.165) is 15.5 Å². The van der Waals surface area contributed by atoms with Crippen molar-refractivity contribution in [2.24, 2.45) is 5.73 Å². The molecule has 0 amide bonds. The van der Waals surface area contributed by atoms with Crippen LogP contribution in [0.4, 0.5) is 0 Å². The number of halogens is 1. The number of rotatable bonds is 2. The minimum absolute atomic E-state index is 0.493. The van der Waals surface area contributed by atoms with Gasteiger partial charge in [0.15, 0.2) is 0 Å². The Morgan fingerprint density at radius 3 is 2.57 bits per heavy atom. The van der Waals surface area contributed by atoms with Crippen LogP contribution in [0.2, 0.25) is 4.34 Å². The molecule has 72 valence electrons. The number of nitrogens with two attached hydrogens (primary N) is 1. The van der Waals surface area contributed by atoms with Crippen LogP contribution in [0.1, 0.15) is 5.56 Å². The molecule has 0 fully saturated rings. The van der Waals surface area contributed by atoms with Crippen LogP contribution in [0.25, 0.3) is 11.1 Å². The van der Waals surface area contributed by atoms with Crippen molar-refractivity contribution in [1.29, 1.82) is 0 Å². The van der Waals surface area contributed by atoms with Crippen molar-refractivity contribution >= 4 is 22.9 Å². The zero-order valence-electron chi connectivity index (χ0n) is 7.53. The molecule has 0 aliphatic heterocycles. The van der Waals surface area contributed by atoms with Gasteiger partial charge in [-0.1, -0.05) is 41.9 Å². The lowest BCUT2D eigenvalue weighted by molar-refractivity contribution is 1.08. The van der Waals surface area contributed by atoms with Crippen LogP contribution in [0.5, 0.6) is 0 Å². The molecule has 1 heterocycles. The van der Waals surface area contributed by atoms with Gasteiger partial charge in [0.1, 0.15) is 0 Å². The highest BCUT2D eigenvalue weighted by Gasteiger charge is 2.09. The van der Waals surface area contributed by atoms with Gasteiger partial charge in [0.2, 0.25) is 0 Å². The Labute approximate surface area is 92.1 Å². The molecule has 0 radical (unpaired) electrons. The predicted octanol–water partition coefficient (Wildman–Crippen LogP) is 3.53. The summed E-state index contributed by atoms with van der Waals surface area (Å²) in [6, 6.07) is 10.2. The molecule has 0 spiro atoms. The lowest BCUT2D eigenvalue weighted by Crippen LogP contribution is -1.96. The van der Waals surface area contributed by atoms with Crippen molar-refractivity contribution in [3.63, 3.8) is 0 Å². The molecule has 3 heteroatoms. The number of hydrogen-bond acceptors (Lipinski definition) is 2. The van der Waals surface area contributed by atoms with Crippen molar-refractivity contribution < 1.29 is 0 Å². The van der Waals surface area contributed by atoms with Crippen LogP contribution in [0.15, 0.2) is 35.7 Å². The molecule has 2 rings (SSSR count). The molecule has 1 aromatic heterocycles. The van der Waals surface area contributed by atoms with E-state index in [1.165, 1.54) is 16.9 Å². The normalized spacial score (nSPS) is 10.4. The highest BCUT2D eigenvalue weighted by molar-refractivity contribution is 7.15. The van der Waals surface area contributed by atoms with Gasteiger partial charge in [0.05, 0.1) is 4.34 Å². The van der Waals surface area contributed by atoms with Crippen LogP contribution < -0.4 is 5.73 Å². The van der Waals surface area contributed by atoms with E-state index in [4.69, 9.17) is 17.3 Å². The van der Waals surface area contributed by atoms with Gasteiger partial charge in [-0.3, -0.25) is 0 Å².